The van der Waals surface area contributed by atoms with Gasteiger partial charge in [0, 0.05) is 11.8 Å². The fourth-order valence-corrected chi connectivity index (χ4v) is 6.05. The van der Waals surface area contributed by atoms with Crippen LogP contribution in [-0.2, 0) is 19.7 Å². The van der Waals surface area contributed by atoms with Gasteiger partial charge in [-0.2, -0.15) is 0 Å². The Bertz CT molecular complexity index is 1220. The molecule has 27 heavy (non-hydrogen) atoms. The third kappa shape index (κ3) is 3.19. The van der Waals surface area contributed by atoms with Crippen LogP contribution in [0.15, 0.2) is 64.5 Å². The summed E-state index contributed by atoms with van der Waals surface area (Å²) in [6, 6.07) is 13.0. The molecule has 2 aromatic heterocycles. The van der Waals surface area contributed by atoms with Gasteiger partial charge < -0.3 is 4.40 Å². The molecule has 3 rings (SSSR count). The average molecular weight is 405 g/mol. The van der Waals surface area contributed by atoms with Gasteiger partial charge >= 0.3 is 0 Å². The fourth-order valence-electron chi connectivity index (χ4n) is 2.97. The summed E-state index contributed by atoms with van der Waals surface area (Å²) in [5, 5.41) is 0. The highest BCUT2D eigenvalue weighted by atomic mass is 32.2. The van der Waals surface area contributed by atoms with Gasteiger partial charge in [-0.1, -0.05) is 50.2 Å². The predicted octanol–water partition coefficient (Wildman–Crippen LogP) is 2.76. The van der Waals surface area contributed by atoms with E-state index in [4.69, 9.17) is 0 Å². The first-order chi connectivity index (χ1) is 12.7. The number of benzene rings is 1. The lowest BCUT2D eigenvalue weighted by Gasteiger charge is -2.08. The van der Waals surface area contributed by atoms with Crippen LogP contribution in [0.4, 0.5) is 0 Å². The molecule has 0 amide bonds. The minimum absolute atomic E-state index is 0.148. The standard InChI is InChI=1S/C19H19NO5S2/c1-3-26(22,23)18-15-12-8-9-13-20(15)16(19(18)27(24,25)4-2)17(21)14-10-6-5-7-11-14/h5-13H,3-4H2,1-2H3. The molecule has 0 radical (unpaired) electrons. The highest BCUT2D eigenvalue weighted by molar-refractivity contribution is 7.94. The van der Waals surface area contributed by atoms with Gasteiger partial charge in [0.25, 0.3) is 0 Å². The van der Waals surface area contributed by atoms with Crippen molar-refractivity contribution in [1.29, 1.82) is 0 Å². The normalized spacial score (nSPS) is 12.4. The summed E-state index contributed by atoms with van der Waals surface area (Å²) >= 11 is 0. The molecule has 142 valence electrons. The van der Waals surface area contributed by atoms with E-state index in [0.29, 0.717) is 0 Å². The number of rotatable bonds is 6. The first-order valence-corrected chi connectivity index (χ1v) is 11.7. The second kappa shape index (κ2) is 6.94. The number of ketones is 1. The molecule has 0 fully saturated rings. The molecule has 8 heteroatoms. The van der Waals surface area contributed by atoms with Crippen molar-refractivity contribution in [3.8, 4) is 0 Å². The quantitative estimate of drug-likeness (QED) is 0.588. The summed E-state index contributed by atoms with van der Waals surface area (Å²) in [4.78, 5) is 12.5. The van der Waals surface area contributed by atoms with Gasteiger partial charge in [-0.05, 0) is 12.1 Å². The van der Waals surface area contributed by atoms with Gasteiger partial charge in [0.15, 0.2) is 19.7 Å². The Morgan fingerprint density at radius 1 is 0.815 bits per heavy atom. The third-order valence-electron chi connectivity index (χ3n) is 4.39. The van der Waals surface area contributed by atoms with Crippen LogP contribution in [0.3, 0.4) is 0 Å². The first kappa shape index (κ1) is 19.3. The van der Waals surface area contributed by atoms with Gasteiger partial charge in [0.05, 0.1) is 17.0 Å². The van der Waals surface area contributed by atoms with Gasteiger partial charge in [0.1, 0.15) is 15.5 Å². The van der Waals surface area contributed by atoms with E-state index in [1.165, 1.54) is 30.5 Å². The maximum atomic E-state index is 13.2. The fraction of sp³-hybridized carbons (Fsp3) is 0.211. The van der Waals surface area contributed by atoms with E-state index < -0.39 is 30.4 Å². The summed E-state index contributed by atoms with van der Waals surface area (Å²) in [7, 11) is -7.88. The van der Waals surface area contributed by atoms with Gasteiger partial charge in [-0.15, -0.1) is 0 Å². The van der Waals surface area contributed by atoms with Crippen LogP contribution in [0.5, 0.6) is 0 Å². The van der Waals surface area contributed by atoms with Crippen LogP contribution in [0.2, 0.25) is 0 Å². The van der Waals surface area contributed by atoms with Crippen LogP contribution in [0.1, 0.15) is 29.9 Å². The molecule has 0 atom stereocenters. The van der Waals surface area contributed by atoms with Crippen LogP contribution >= 0.6 is 0 Å². The summed E-state index contributed by atoms with van der Waals surface area (Å²) < 4.78 is 52.7. The molecule has 1 aromatic carbocycles. The van der Waals surface area contributed by atoms with Crippen LogP contribution in [0.25, 0.3) is 5.52 Å². The van der Waals surface area contributed by atoms with Crippen molar-refractivity contribution in [1.82, 2.24) is 4.40 Å². The van der Waals surface area contributed by atoms with Crippen molar-refractivity contribution < 1.29 is 21.6 Å². The molecule has 0 aliphatic rings. The van der Waals surface area contributed by atoms with Crippen molar-refractivity contribution in [2.24, 2.45) is 0 Å². The van der Waals surface area contributed by atoms with Gasteiger partial charge in [-0.25, -0.2) is 16.8 Å². The molecule has 3 aromatic rings. The van der Waals surface area contributed by atoms with E-state index in [1.807, 2.05) is 0 Å². The second-order valence-electron chi connectivity index (χ2n) is 5.96. The zero-order chi connectivity index (χ0) is 19.8. The predicted molar refractivity (Wildman–Crippen MR) is 103 cm³/mol. The number of sulfone groups is 2. The van der Waals surface area contributed by atoms with E-state index in [1.54, 1.807) is 42.5 Å². The largest absolute Gasteiger partial charge is 0.311 e. The van der Waals surface area contributed by atoms with Crippen molar-refractivity contribution in [3.63, 3.8) is 0 Å². The summed E-state index contributed by atoms with van der Waals surface area (Å²) in [5.41, 5.74) is 0.324. The van der Waals surface area contributed by atoms with Gasteiger partial charge in [-0.3, -0.25) is 4.79 Å². The maximum absolute atomic E-state index is 13.2. The Kier molecular flexibility index (Phi) is 4.96. The third-order valence-corrected chi connectivity index (χ3v) is 8.09. The highest BCUT2D eigenvalue weighted by Gasteiger charge is 2.36. The molecular formula is C19H19NO5S2. The minimum atomic E-state index is -3.99. The zero-order valence-electron chi connectivity index (χ0n) is 14.9. The second-order valence-corrected chi connectivity index (χ2v) is 10.4. The Labute approximate surface area is 158 Å². The van der Waals surface area contributed by atoms with Crippen LogP contribution < -0.4 is 0 Å². The average Bonchev–Trinajstić information content (AvgIpc) is 3.05. The number of nitrogens with zero attached hydrogens (tertiary/aromatic N) is 1. The lowest BCUT2D eigenvalue weighted by Crippen LogP contribution is -2.15. The van der Waals surface area contributed by atoms with Gasteiger partial charge in [0.2, 0.25) is 5.78 Å². The first-order valence-electron chi connectivity index (χ1n) is 8.43. The summed E-state index contributed by atoms with van der Waals surface area (Å²) in [6.07, 6.45) is 1.51. The van der Waals surface area contributed by atoms with Crippen LogP contribution in [-0.4, -0.2) is 38.5 Å². The molecule has 0 aliphatic heterocycles. The number of fused-ring (bicyclic) bond motifs is 1. The molecule has 0 bridgehead atoms. The van der Waals surface area contributed by atoms with Crippen molar-refractivity contribution in [2.75, 3.05) is 11.5 Å². The zero-order valence-corrected chi connectivity index (χ0v) is 16.5. The lowest BCUT2D eigenvalue weighted by molar-refractivity contribution is 0.103. The van der Waals surface area contributed by atoms with E-state index in [2.05, 4.69) is 0 Å². The van der Waals surface area contributed by atoms with Crippen molar-refractivity contribution in [3.05, 3.63) is 66.0 Å². The van der Waals surface area contributed by atoms with E-state index in [9.17, 15) is 21.6 Å². The Balaban J connectivity index is 2.54. The van der Waals surface area contributed by atoms with E-state index in [-0.39, 0.29) is 33.2 Å². The number of hydrogen-bond acceptors (Lipinski definition) is 5. The number of aromatic nitrogens is 1. The molecule has 6 nitrogen and oxygen atoms in total. The highest BCUT2D eigenvalue weighted by Crippen LogP contribution is 2.34. The molecular weight excluding hydrogens is 386 g/mol. The number of carbonyl (C=O) groups excluding carboxylic acids is 1. The molecule has 0 saturated heterocycles. The van der Waals surface area contributed by atoms with Crippen LogP contribution in [0, 0.1) is 0 Å². The monoisotopic (exact) mass is 405 g/mol. The Morgan fingerprint density at radius 3 is 1.96 bits per heavy atom. The van der Waals surface area contributed by atoms with Crippen molar-refractivity contribution in [2.45, 2.75) is 23.6 Å². The molecule has 0 saturated carbocycles. The lowest BCUT2D eigenvalue weighted by atomic mass is 10.1. The number of hydrogen-bond donors (Lipinski definition) is 0. The smallest absolute Gasteiger partial charge is 0.211 e. The Hall–Kier alpha value is -2.45. The maximum Gasteiger partial charge on any atom is 0.211 e. The topological polar surface area (TPSA) is 89.8 Å². The molecule has 0 spiro atoms. The summed E-state index contributed by atoms with van der Waals surface area (Å²) in [5.74, 6) is -1.13. The molecule has 0 unspecified atom stereocenters. The molecule has 2 heterocycles. The van der Waals surface area contributed by atoms with E-state index in [0.717, 1.165) is 0 Å². The summed E-state index contributed by atoms with van der Waals surface area (Å²) in [6.45, 7) is 2.87. The van der Waals surface area contributed by atoms with Crippen molar-refractivity contribution >= 4 is 31.0 Å². The van der Waals surface area contributed by atoms with E-state index >= 15 is 0 Å². The minimum Gasteiger partial charge on any atom is -0.311 e. The molecule has 0 N–H and O–H groups in total. The number of carbonyl (C=O) groups is 1. The molecule has 0 aliphatic carbocycles. The number of pyridine rings is 1. The SMILES string of the molecule is CCS(=O)(=O)c1c(S(=O)(=O)CC)c2ccccn2c1C(=O)c1ccccc1. The Morgan fingerprint density at radius 2 is 1.37 bits per heavy atom.